The van der Waals surface area contributed by atoms with Gasteiger partial charge in [0.25, 0.3) is 0 Å². The van der Waals surface area contributed by atoms with Gasteiger partial charge in [0.05, 0.1) is 5.60 Å². The third kappa shape index (κ3) is 6.41. The minimum absolute atomic E-state index is 0.0170. The first kappa shape index (κ1) is 28.1. The SMILES string of the molecule is Cc1c(C(=O)C2CCC(C)(O)CC2)cc(-c2cc(C(C)(C)C)cc(C(C)(C)C)c2)n1CC1CCCCC1. The molecule has 0 unspecified atom stereocenters. The molecular formula is C34H51NO2. The number of carbonyl (C=O) groups excluding carboxylic acids is 1. The van der Waals surface area contributed by atoms with E-state index in [9.17, 15) is 9.90 Å². The molecule has 204 valence electrons. The quantitative estimate of drug-likeness (QED) is 0.413. The predicted molar refractivity (Wildman–Crippen MR) is 155 cm³/mol. The molecule has 2 fully saturated rings. The Morgan fingerprint density at radius 2 is 1.43 bits per heavy atom. The first-order valence-electron chi connectivity index (χ1n) is 14.8. The number of Topliss-reactive ketones (excluding diaryl/α,β-unsaturated/α-hetero) is 1. The molecule has 37 heavy (non-hydrogen) atoms. The zero-order valence-electron chi connectivity index (χ0n) is 24.8. The van der Waals surface area contributed by atoms with Crippen LogP contribution in [0.25, 0.3) is 11.3 Å². The fourth-order valence-electron chi connectivity index (χ4n) is 6.36. The van der Waals surface area contributed by atoms with E-state index < -0.39 is 5.60 Å². The number of benzene rings is 1. The molecule has 1 N–H and O–H groups in total. The summed E-state index contributed by atoms with van der Waals surface area (Å²) in [7, 11) is 0. The third-order valence-electron chi connectivity index (χ3n) is 9.19. The normalized spacial score (nSPS) is 23.9. The second-order valence-electron chi connectivity index (χ2n) is 14.6. The van der Waals surface area contributed by atoms with Crippen molar-refractivity contribution in [1.82, 2.24) is 4.57 Å². The van der Waals surface area contributed by atoms with Crippen molar-refractivity contribution in [2.45, 2.75) is 136 Å². The summed E-state index contributed by atoms with van der Waals surface area (Å²) in [6.45, 7) is 18.8. The van der Waals surface area contributed by atoms with Gasteiger partial charge >= 0.3 is 0 Å². The Balaban J connectivity index is 1.81. The van der Waals surface area contributed by atoms with Crippen molar-refractivity contribution in [2.24, 2.45) is 11.8 Å². The number of hydrogen-bond acceptors (Lipinski definition) is 2. The van der Waals surface area contributed by atoms with Gasteiger partial charge in [0, 0.05) is 29.4 Å². The second kappa shape index (κ2) is 10.4. The number of aliphatic hydroxyl groups is 1. The molecule has 0 saturated heterocycles. The highest BCUT2D eigenvalue weighted by Gasteiger charge is 2.34. The van der Waals surface area contributed by atoms with E-state index in [1.807, 2.05) is 6.92 Å². The van der Waals surface area contributed by atoms with E-state index >= 15 is 0 Å². The second-order valence-corrected chi connectivity index (χ2v) is 14.6. The van der Waals surface area contributed by atoms with E-state index in [1.165, 1.54) is 54.5 Å². The van der Waals surface area contributed by atoms with Gasteiger partial charge in [-0.2, -0.15) is 0 Å². The Morgan fingerprint density at radius 3 is 1.95 bits per heavy atom. The molecule has 1 aromatic heterocycles. The average molecular weight is 506 g/mol. The highest BCUT2D eigenvalue weighted by atomic mass is 16.3. The molecular weight excluding hydrogens is 454 g/mol. The minimum atomic E-state index is -0.624. The molecule has 1 aromatic carbocycles. The van der Waals surface area contributed by atoms with Crippen LogP contribution in [-0.4, -0.2) is 21.1 Å². The molecule has 4 rings (SSSR count). The van der Waals surface area contributed by atoms with Crippen LogP contribution in [0.3, 0.4) is 0 Å². The number of carbonyl (C=O) groups is 1. The van der Waals surface area contributed by atoms with E-state index in [4.69, 9.17) is 0 Å². The van der Waals surface area contributed by atoms with Gasteiger partial charge in [-0.3, -0.25) is 4.79 Å². The van der Waals surface area contributed by atoms with Crippen molar-refractivity contribution in [3.63, 3.8) is 0 Å². The Bertz CT molecular complexity index is 1070. The van der Waals surface area contributed by atoms with Gasteiger partial charge in [0.15, 0.2) is 5.78 Å². The highest BCUT2D eigenvalue weighted by Crippen LogP contribution is 2.39. The molecule has 0 atom stereocenters. The lowest BCUT2D eigenvalue weighted by atomic mass is 9.77. The maximum Gasteiger partial charge on any atom is 0.167 e. The number of aromatic nitrogens is 1. The van der Waals surface area contributed by atoms with E-state index in [0.717, 1.165) is 30.6 Å². The molecule has 0 spiro atoms. The highest BCUT2D eigenvalue weighted by molar-refractivity contribution is 6.00. The van der Waals surface area contributed by atoms with Gasteiger partial charge in [0.1, 0.15) is 0 Å². The summed E-state index contributed by atoms with van der Waals surface area (Å²) >= 11 is 0. The monoisotopic (exact) mass is 505 g/mol. The van der Waals surface area contributed by atoms with Crippen molar-refractivity contribution < 1.29 is 9.90 Å². The van der Waals surface area contributed by atoms with Crippen molar-refractivity contribution in [1.29, 1.82) is 0 Å². The van der Waals surface area contributed by atoms with Crippen molar-refractivity contribution >= 4 is 5.78 Å². The van der Waals surface area contributed by atoms with E-state index in [2.05, 4.69) is 77.3 Å². The summed E-state index contributed by atoms with van der Waals surface area (Å²) in [5.74, 6) is 0.974. The van der Waals surface area contributed by atoms with Gasteiger partial charge in [-0.05, 0) is 104 Å². The molecule has 2 aromatic rings. The van der Waals surface area contributed by atoms with Crippen LogP contribution in [0.1, 0.15) is 133 Å². The molecule has 0 aliphatic heterocycles. The first-order chi connectivity index (χ1) is 17.2. The smallest absolute Gasteiger partial charge is 0.167 e. The van der Waals surface area contributed by atoms with Crippen LogP contribution in [0, 0.1) is 18.8 Å². The predicted octanol–water partition coefficient (Wildman–Crippen LogP) is 8.76. The largest absolute Gasteiger partial charge is 0.390 e. The van der Waals surface area contributed by atoms with Crippen LogP contribution in [0.5, 0.6) is 0 Å². The molecule has 2 aliphatic carbocycles. The number of nitrogens with zero attached hydrogens (tertiary/aromatic N) is 1. The van der Waals surface area contributed by atoms with Crippen molar-refractivity contribution in [3.8, 4) is 11.3 Å². The topological polar surface area (TPSA) is 42.2 Å². The Labute approximate surface area is 226 Å². The number of ketones is 1. The summed E-state index contributed by atoms with van der Waals surface area (Å²) in [6.07, 6.45) is 9.54. The maximum absolute atomic E-state index is 13.9. The van der Waals surface area contributed by atoms with Crippen LogP contribution in [0.2, 0.25) is 0 Å². The first-order valence-corrected chi connectivity index (χ1v) is 14.8. The van der Waals surface area contributed by atoms with Gasteiger partial charge in [-0.25, -0.2) is 0 Å². The van der Waals surface area contributed by atoms with Crippen molar-refractivity contribution in [3.05, 3.63) is 46.6 Å². The molecule has 1 heterocycles. The zero-order chi connectivity index (χ0) is 27.2. The molecule has 0 amide bonds. The Kier molecular flexibility index (Phi) is 7.88. The van der Waals surface area contributed by atoms with Crippen molar-refractivity contribution in [2.75, 3.05) is 0 Å². The van der Waals surface area contributed by atoms with Gasteiger partial charge in [-0.15, -0.1) is 0 Å². The molecule has 3 nitrogen and oxygen atoms in total. The molecule has 3 heteroatoms. The van der Waals surface area contributed by atoms with Gasteiger partial charge in [-0.1, -0.05) is 66.9 Å². The summed E-state index contributed by atoms with van der Waals surface area (Å²) in [4.78, 5) is 13.9. The summed E-state index contributed by atoms with van der Waals surface area (Å²) in [6, 6.07) is 9.33. The molecule has 0 bridgehead atoms. The summed E-state index contributed by atoms with van der Waals surface area (Å²) in [5, 5.41) is 10.4. The summed E-state index contributed by atoms with van der Waals surface area (Å²) in [5.41, 5.74) is 6.62. The van der Waals surface area contributed by atoms with E-state index in [-0.39, 0.29) is 22.5 Å². The van der Waals surface area contributed by atoms with E-state index in [0.29, 0.717) is 18.8 Å². The zero-order valence-corrected chi connectivity index (χ0v) is 24.8. The van der Waals surface area contributed by atoms with Gasteiger partial charge < -0.3 is 9.67 Å². The fourth-order valence-corrected chi connectivity index (χ4v) is 6.36. The lowest BCUT2D eigenvalue weighted by Crippen LogP contribution is -2.33. The lowest BCUT2D eigenvalue weighted by Gasteiger charge is -2.32. The minimum Gasteiger partial charge on any atom is -0.390 e. The number of rotatable bonds is 5. The molecule has 2 aliphatic rings. The van der Waals surface area contributed by atoms with Gasteiger partial charge in [0.2, 0.25) is 0 Å². The molecule has 0 radical (unpaired) electrons. The molecule has 2 saturated carbocycles. The maximum atomic E-state index is 13.9. The third-order valence-corrected chi connectivity index (χ3v) is 9.19. The van der Waals surface area contributed by atoms with Crippen LogP contribution < -0.4 is 0 Å². The summed E-state index contributed by atoms with van der Waals surface area (Å²) < 4.78 is 2.48. The van der Waals surface area contributed by atoms with Crippen LogP contribution in [0.4, 0.5) is 0 Å². The fraction of sp³-hybridized carbons (Fsp3) is 0.676. The van der Waals surface area contributed by atoms with Crippen LogP contribution >= 0.6 is 0 Å². The van der Waals surface area contributed by atoms with Crippen LogP contribution in [-0.2, 0) is 17.4 Å². The standard InChI is InChI=1S/C34H51NO2/c1-23-29(31(36)25-14-16-34(8,37)17-15-25)21-30(35(23)22-24-12-10-9-11-13-24)26-18-27(32(2,3)4)20-28(19-26)33(5,6)7/h18-21,24-25,37H,9-17,22H2,1-8H3. The Hall–Kier alpha value is -1.87. The lowest BCUT2D eigenvalue weighted by molar-refractivity contribution is 0.00971. The number of hydrogen-bond donors (Lipinski definition) is 1. The Morgan fingerprint density at radius 1 is 0.892 bits per heavy atom. The van der Waals surface area contributed by atoms with E-state index in [1.54, 1.807) is 0 Å². The van der Waals surface area contributed by atoms with Crippen LogP contribution in [0.15, 0.2) is 24.3 Å². The average Bonchev–Trinajstić information content (AvgIpc) is 3.14.